The number of carbonyl (C=O) groups is 1. The highest BCUT2D eigenvalue weighted by atomic mass is 19.4. The lowest BCUT2D eigenvalue weighted by Crippen LogP contribution is -2.43. The van der Waals surface area contributed by atoms with Crippen LogP contribution < -0.4 is 5.43 Å². The third kappa shape index (κ3) is 3.50. The second-order valence-electron chi connectivity index (χ2n) is 7.09. The van der Waals surface area contributed by atoms with Crippen molar-refractivity contribution in [1.29, 1.82) is 0 Å². The van der Waals surface area contributed by atoms with Gasteiger partial charge in [0.05, 0.1) is 11.4 Å². The number of hydrogen-bond donors (Lipinski definition) is 1. The fourth-order valence-corrected chi connectivity index (χ4v) is 3.70. The van der Waals surface area contributed by atoms with Gasteiger partial charge in [-0.3, -0.25) is 14.3 Å². The minimum absolute atomic E-state index is 0.0488. The van der Waals surface area contributed by atoms with Crippen LogP contribution in [0.25, 0.3) is 11.0 Å². The Morgan fingerprint density at radius 2 is 2.07 bits per heavy atom. The van der Waals surface area contributed by atoms with Crippen molar-refractivity contribution in [1.82, 2.24) is 24.6 Å². The van der Waals surface area contributed by atoms with E-state index in [1.807, 2.05) is 0 Å². The van der Waals surface area contributed by atoms with E-state index in [0.29, 0.717) is 30.4 Å². The Balaban J connectivity index is 1.63. The van der Waals surface area contributed by atoms with Crippen LogP contribution in [0.5, 0.6) is 0 Å². The summed E-state index contributed by atoms with van der Waals surface area (Å²) < 4.78 is 40.5. The summed E-state index contributed by atoms with van der Waals surface area (Å²) in [6.07, 6.45) is -1.13. The van der Waals surface area contributed by atoms with Crippen LogP contribution in [-0.2, 0) is 6.18 Å². The number of rotatable bonds is 2. The summed E-state index contributed by atoms with van der Waals surface area (Å²) in [7, 11) is 0. The molecule has 0 aromatic carbocycles. The summed E-state index contributed by atoms with van der Waals surface area (Å²) in [5.41, 5.74) is -0.240. The van der Waals surface area contributed by atoms with Gasteiger partial charge in [-0.05, 0) is 38.0 Å². The zero-order valence-electron chi connectivity index (χ0n) is 15.5. The monoisotopic (exact) mass is 405 g/mol. The topological polar surface area (TPSA) is 83.9 Å². The van der Waals surface area contributed by atoms with E-state index in [1.54, 1.807) is 19.1 Å². The minimum Gasteiger partial charge on any atom is -0.345 e. The first-order chi connectivity index (χ1) is 13.8. The molecule has 1 N–H and O–H groups in total. The number of alkyl halides is 3. The van der Waals surface area contributed by atoms with Gasteiger partial charge in [-0.25, -0.2) is 4.98 Å². The molecule has 29 heavy (non-hydrogen) atoms. The summed E-state index contributed by atoms with van der Waals surface area (Å²) in [4.78, 5) is 34.2. The van der Waals surface area contributed by atoms with Gasteiger partial charge in [0.2, 0.25) is 5.43 Å². The lowest BCUT2D eigenvalue weighted by atomic mass is 10.0. The van der Waals surface area contributed by atoms with E-state index < -0.39 is 29.2 Å². The number of nitrogens with one attached hydrogen (secondary N) is 1. The van der Waals surface area contributed by atoms with Gasteiger partial charge in [-0.15, -0.1) is 0 Å². The van der Waals surface area contributed by atoms with Gasteiger partial charge in [0, 0.05) is 31.2 Å². The number of hydrogen-bond acceptors (Lipinski definition) is 4. The number of aromatic amines is 1. The molecule has 0 aliphatic carbocycles. The molecule has 3 aromatic rings. The Kier molecular flexibility index (Phi) is 4.64. The fourth-order valence-electron chi connectivity index (χ4n) is 3.70. The lowest BCUT2D eigenvalue weighted by Gasteiger charge is -2.33. The smallest absolute Gasteiger partial charge is 0.345 e. The highest BCUT2D eigenvalue weighted by Crippen LogP contribution is 2.33. The highest BCUT2D eigenvalue weighted by Gasteiger charge is 2.38. The number of aryl methyl sites for hydroxylation is 1. The molecule has 4 heterocycles. The molecule has 0 bridgehead atoms. The van der Waals surface area contributed by atoms with Crippen molar-refractivity contribution in [3.63, 3.8) is 0 Å². The first-order valence-electron chi connectivity index (χ1n) is 9.15. The molecule has 3 aromatic heterocycles. The van der Waals surface area contributed by atoms with Crippen molar-refractivity contribution in [2.75, 3.05) is 13.1 Å². The minimum atomic E-state index is -4.52. The molecule has 1 saturated heterocycles. The number of pyridine rings is 2. The summed E-state index contributed by atoms with van der Waals surface area (Å²) >= 11 is 0. The Bertz CT molecular complexity index is 1130. The van der Waals surface area contributed by atoms with Gasteiger partial charge < -0.3 is 9.88 Å². The molecule has 1 amide bonds. The van der Waals surface area contributed by atoms with Crippen LogP contribution in [0.1, 0.15) is 40.6 Å². The molecule has 7 nitrogen and oxygen atoms in total. The highest BCUT2D eigenvalue weighted by molar-refractivity contribution is 5.96. The first kappa shape index (κ1) is 19.2. The van der Waals surface area contributed by atoms with E-state index >= 15 is 0 Å². The summed E-state index contributed by atoms with van der Waals surface area (Å²) in [5, 5.41) is 4.12. The van der Waals surface area contributed by atoms with E-state index in [4.69, 9.17) is 0 Å². The third-order valence-corrected chi connectivity index (χ3v) is 5.10. The number of aromatic nitrogens is 4. The van der Waals surface area contributed by atoms with Crippen molar-refractivity contribution in [3.05, 3.63) is 57.8 Å². The van der Waals surface area contributed by atoms with Gasteiger partial charge in [-0.2, -0.15) is 18.3 Å². The summed E-state index contributed by atoms with van der Waals surface area (Å²) in [6.45, 7) is 2.20. The molecule has 1 aliphatic heterocycles. The van der Waals surface area contributed by atoms with Gasteiger partial charge in [-0.1, -0.05) is 0 Å². The van der Waals surface area contributed by atoms with Crippen LogP contribution in [0.3, 0.4) is 0 Å². The number of H-pyrrole nitrogens is 1. The molecule has 0 unspecified atom stereocenters. The lowest BCUT2D eigenvalue weighted by molar-refractivity contribution is -0.145. The second kappa shape index (κ2) is 7.02. The van der Waals surface area contributed by atoms with Crippen molar-refractivity contribution < 1.29 is 18.0 Å². The molecule has 152 valence electrons. The molecular formula is C19H18F3N5O2. The Labute approximate surface area is 163 Å². The Morgan fingerprint density at radius 1 is 1.28 bits per heavy atom. The van der Waals surface area contributed by atoms with Gasteiger partial charge in [0.25, 0.3) is 5.91 Å². The molecule has 0 saturated carbocycles. The first-order valence-corrected chi connectivity index (χ1v) is 9.15. The fraction of sp³-hybridized carbons (Fsp3) is 0.368. The number of carbonyl (C=O) groups excluding carboxylic acids is 1. The maximum absolute atomic E-state index is 13.2. The standard InChI is InChI=1S/C19H18F3N5O2/c1-11-4-5-13-16(28)14(9-23-17(13)25-11)18(29)26-8-2-3-12(10-26)27-15(6-7-24-27)19(20,21)22/h4-7,9,12H,2-3,8,10H2,1H3,(H,23,25,28)/t12-/m1/s1. The molecule has 0 radical (unpaired) electrons. The van der Waals surface area contributed by atoms with Gasteiger partial charge in [0.1, 0.15) is 16.9 Å². The molecule has 10 heteroatoms. The molecule has 0 spiro atoms. The maximum atomic E-state index is 13.2. The van der Waals surface area contributed by atoms with Crippen LogP contribution in [-0.4, -0.2) is 43.6 Å². The molecule has 1 aliphatic rings. The quantitative estimate of drug-likeness (QED) is 0.711. The predicted octanol–water partition coefficient (Wildman–Crippen LogP) is 2.92. The third-order valence-electron chi connectivity index (χ3n) is 5.10. The second-order valence-corrected chi connectivity index (χ2v) is 7.09. The average Bonchev–Trinajstić information content (AvgIpc) is 3.18. The number of likely N-dealkylation sites (tertiary alicyclic amines) is 1. The number of halogens is 3. The largest absolute Gasteiger partial charge is 0.433 e. The summed E-state index contributed by atoms with van der Waals surface area (Å²) in [6, 6.07) is 3.59. The zero-order valence-corrected chi connectivity index (χ0v) is 15.5. The number of amides is 1. The molecule has 4 rings (SSSR count). The number of fused-ring (bicyclic) bond motifs is 1. The number of nitrogens with zero attached hydrogens (tertiary/aromatic N) is 4. The number of piperidine rings is 1. The van der Waals surface area contributed by atoms with Crippen molar-refractivity contribution in [2.24, 2.45) is 0 Å². The van der Waals surface area contributed by atoms with Crippen LogP contribution in [0.15, 0.2) is 35.4 Å². The van der Waals surface area contributed by atoms with Gasteiger partial charge in [0.15, 0.2) is 0 Å². The Hall–Kier alpha value is -3.17. The van der Waals surface area contributed by atoms with Crippen LogP contribution in [0.4, 0.5) is 13.2 Å². The summed E-state index contributed by atoms with van der Waals surface area (Å²) in [5.74, 6) is -0.515. The molecule has 1 fully saturated rings. The normalized spacial score (nSPS) is 17.7. The Morgan fingerprint density at radius 3 is 2.83 bits per heavy atom. The average molecular weight is 405 g/mol. The molecule has 1 atom stereocenters. The van der Waals surface area contributed by atoms with Crippen molar-refractivity contribution >= 4 is 16.9 Å². The maximum Gasteiger partial charge on any atom is 0.433 e. The van der Waals surface area contributed by atoms with Crippen LogP contribution in [0.2, 0.25) is 0 Å². The van der Waals surface area contributed by atoms with E-state index in [-0.39, 0.29) is 12.1 Å². The molecular weight excluding hydrogens is 387 g/mol. The van der Waals surface area contributed by atoms with E-state index in [2.05, 4.69) is 15.1 Å². The van der Waals surface area contributed by atoms with Crippen LogP contribution in [0, 0.1) is 6.92 Å². The van der Waals surface area contributed by atoms with Gasteiger partial charge >= 0.3 is 6.18 Å². The zero-order chi connectivity index (χ0) is 20.8. The predicted molar refractivity (Wildman–Crippen MR) is 98.5 cm³/mol. The van der Waals surface area contributed by atoms with Crippen molar-refractivity contribution in [2.45, 2.75) is 32.0 Å². The SMILES string of the molecule is Cc1ccc2c(=O)c(C(=O)N3CCC[C@@H](n4nccc4C(F)(F)F)C3)c[nH]c2n1. The van der Waals surface area contributed by atoms with Crippen LogP contribution >= 0.6 is 0 Å². The van der Waals surface area contributed by atoms with E-state index in [0.717, 1.165) is 22.6 Å². The van der Waals surface area contributed by atoms with E-state index in [9.17, 15) is 22.8 Å². The van der Waals surface area contributed by atoms with Crippen molar-refractivity contribution in [3.8, 4) is 0 Å². The van der Waals surface area contributed by atoms with E-state index in [1.165, 1.54) is 11.1 Å².